The Morgan fingerprint density at radius 2 is 2.11 bits per heavy atom. The molecule has 0 aromatic heterocycles. The van der Waals surface area contributed by atoms with E-state index < -0.39 is 5.79 Å². The van der Waals surface area contributed by atoms with Crippen molar-refractivity contribution in [3.05, 3.63) is 0 Å². The molecule has 4 nitrogen and oxygen atoms in total. The van der Waals surface area contributed by atoms with Crippen molar-refractivity contribution in [3.63, 3.8) is 0 Å². The molecule has 0 unspecified atom stereocenters. The zero-order valence-electron chi connectivity index (χ0n) is 12.0. The fraction of sp³-hybridized carbons (Fsp3) is 0.929. The predicted octanol–water partition coefficient (Wildman–Crippen LogP) is 2.38. The Balaban J connectivity index is 2.09. The van der Waals surface area contributed by atoms with E-state index in [0.717, 1.165) is 25.2 Å². The molecule has 2 fully saturated rings. The molecule has 0 amide bonds. The van der Waals surface area contributed by atoms with Crippen LogP contribution >= 0.6 is 0 Å². The number of hydrogen-bond acceptors (Lipinski definition) is 4. The van der Waals surface area contributed by atoms with E-state index >= 15 is 0 Å². The predicted molar refractivity (Wildman–Crippen MR) is 72.1 cm³/mol. The molecule has 2 aliphatic heterocycles. The molecule has 2 saturated heterocycles. The fourth-order valence-corrected chi connectivity index (χ4v) is 3.09. The molecule has 0 aliphatic carbocycles. The lowest BCUT2D eigenvalue weighted by atomic mass is 9.75. The van der Waals surface area contributed by atoms with Crippen LogP contribution in [-0.4, -0.2) is 24.7 Å². The normalized spacial score (nSPS) is 42.0. The molecule has 4 heteroatoms. The fourth-order valence-electron chi connectivity index (χ4n) is 3.09. The van der Waals surface area contributed by atoms with Crippen LogP contribution in [0.1, 0.15) is 40.5 Å². The zero-order valence-corrected chi connectivity index (χ0v) is 12.0. The van der Waals surface area contributed by atoms with Gasteiger partial charge < -0.3 is 15.3 Å². The van der Waals surface area contributed by atoms with Crippen molar-refractivity contribution in [3.8, 4) is 0 Å². The summed E-state index contributed by atoms with van der Waals surface area (Å²) in [6, 6.07) is 0. The largest absolute Gasteiger partial charge is 0.350 e. The van der Waals surface area contributed by atoms with Gasteiger partial charge in [0, 0.05) is 23.5 Å². The highest BCUT2D eigenvalue weighted by molar-refractivity contribution is 5.87. The van der Waals surface area contributed by atoms with Crippen molar-refractivity contribution in [2.75, 3.05) is 13.2 Å². The highest BCUT2D eigenvalue weighted by Crippen LogP contribution is 2.46. The van der Waals surface area contributed by atoms with Crippen LogP contribution in [-0.2, 0) is 9.47 Å². The Labute approximate surface area is 110 Å². The van der Waals surface area contributed by atoms with Gasteiger partial charge in [0.25, 0.3) is 0 Å². The van der Waals surface area contributed by atoms with Crippen LogP contribution in [0.25, 0.3) is 0 Å². The quantitative estimate of drug-likeness (QED) is 0.476. The molecule has 0 aromatic carbocycles. The smallest absolute Gasteiger partial charge is 0.168 e. The molecule has 2 heterocycles. The van der Waals surface area contributed by atoms with Crippen LogP contribution in [0.15, 0.2) is 5.10 Å². The summed E-state index contributed by atoms with van der Waals surface area (Å²) in [5, 5.41) is 4.05. The monoisotopic (exact) mass is 254 g/mol. The number of fused-ring (bicyclic) bond motifs is 2. The van der Waals surface area contributed by atoms with Gasteiger partial charge in [-0.15, -0.1) is 0 Å². The second-order valence-corrected chi connectivity index (χ2v) is 6.03. The van der Waals surface area contributed by atoms with E-state index in [2.05, 4.69) is 25.9 Å². The molecule has 18 heavy (non-hydrogen) atoms. The summed E-state index contributed by atoms with van der Waals surface area (Å²) in [6.45, 7) is 10.2. The molecule has 5 atom stereocenters. The average molecular weight is 254 g/mol. The Morgan fingerprint density at radius 3 is 2.72 bits per heavy atom. The highest BCUT2D eigenvalue weighted by Gasteiger charge is 2.52. The minimum absolute atomic E-state index is 0.328. The summed E-state index contributed by atoms with van der Waals surface area (Å²) >= 11 is 0. The second-order valence-electron chi connectivity index (χ2n) is 6.03. The minimum atomic E-state index is -0.392. The van der Waals surface area contributed by atoms with Gasteiger partial charge in [-0.2, -0.15) is 5.10 Å². The molecule has 2 bridgehead atoms. The number of ether oxygens (including phenoxy) is 2. The van der Waals surface area contributed by atoms with E-state index in [1.165, 1.54) is 0 Å². The lowest BCUT2D eigenvalue weighted by Gasteiger charge is -2.39. The second kappa shape index (κ2) is 5.17. The lowest BCUT2D eigenvalue weighted by molar-refractivity contribution is -0.227. The Kier molecular flexibility index (Phi) is 3.97. The molecule has 0 aromatic rings. The van der Waals surface area contributed by atoms with Gasteiger partial charge in [0.2, 0.25) is 0 Å². The lowest BCUT2D eigenvalue weighted by Crippen LogP contribution is -2.46. The zero-order chi connectivity index (χ0) is 13.3. The molecule has 2 rings (SSSR count). The molecular weight excluding hydrogens is 228 g/mol. The van der Waals surface area contributed by atoms with Gasteiger partial charge in [0.05, 0.1) is 13.2 Å². The van der Waals surface area contributed by atoms with Crippen molar-refractivity contribution in [2.24, 2.45) is 34.6 Å². The number of hydrogen-bond donors (Lipinski definition) is 1. The van der Waals surface area contributed by atoms with Crippen LogP contribution in [0.4, 0.5) is 0 Å². The van der Waals surface area contributed by atoms with E-state index in [9.17, 15) is 0 Å². The first-order chi connectivity index (χ1) is 8.51. The van der Waals surface area contributed by atoms with E-state index in [1.807, 2.05) is 6.92 Å². The van der Waals surface area contributed by atoms with Gasteiger partial charge in [-0.25, -0.2) is 0 Å². The van der Waals surface area contributed by atoms with Crippen LogP contribution < -0.4 is 5.84 Å². The number of rotatable bonds is 4. The first-order valence-corrected chi connectivity index (χ1v) is 7.06. The third-order valence-electron chi connectivity index (χ3n) is 4.95. The first-order valence-electron chi connectivity index (χ1n) is 7.06. The summed E-state index contributed by atoms with van der Waals surface area (Å²) in [5.41, 5.74) is 1.11. The molecule has 0 radical (unpaired) electrons. The van der Waals surface area contributed by atoms with E-state index in [-0.39, 0.29) is 0 Å². The third-order valence-corrected chi connectivity index (χ3v) is 4.95. The van der Waals surface area contributed by atoms with Crippen molar-refractivity contribution in [1.29, 1.82) is 0 Å². The molecule has 0 spiro atoms. The first kappa shape index (κ1) is 13.8. The van der Waals surface area contributed by atoms with Crippen molar-refractivity contribution in [1.82, 2.24) is 0 Å². The van der Waals surface area contributed by atoms with Gasteiger partial charge in [0.15, 0.2) is 5.79 Å². The maximum absolute atomic E-state index is 5.92. The van der Waals surface area contributed by atoms with E-state index in [1.54, 1.807) is 0 Å². The number of hydrazone groups is 1. The third kappa shape index (κ3) is 2.28. The molecule has 2 aliphatic rings. The maximum Gasteiger partial charge on any atom is 0.168 e. The minimum Gasteiger partial charge on any atom is -0.350 e. The van der Waals surface area contributed by atoms with Crippen LogP contribution in [0.5, 0.6) is 0 Å². The number of nitrogens with zero attached hydrogens (tertiary/aromatic N) is 1. The van der Waals surface area contributed by atoms with Crippen molar-refractivity contribution < 1.29 is 9.47 Å². The van der Waals surface area contributed by atoms with Gasteiger partial charge >= 0.3 is 0 Å². The molecular formula is C14H26N2O2. The standard InChI is InChI=1S/C14H26N2O2/c1-5-9(2)6-13(16-15)12-8-18-14(4)10(3)11(12)7-17-14/h9-12H,5-8,15H2,1-4H3/b16-13+/t9-,10+,11-,12-,14-/m0/s1. The van der Waals surface area contributed by atoms with E-state index in [4.69, 9.17) is 15.3 Å². The Bertz CT molecular complexity index is 332. The molecule has 2 N–H and O–H groups in total. The summed E-state index contributed by atoms with van der Waals surface area (Å²) < 4.78 is 11.7. The topological polar surface area (TPSA) is 56.8 Å². The summed E-state index contributed by atoms with van der Waals surface area (Å²) in [7, 11) is 0. The van der Waals surface area contributed by atoms with Gasteiger partial charge in [-0.1, -0.05) is 27.2 Å². The highest BCUT2D eigenvalue weighted by atomic mass is 16.7. The van der Waals surface area contributed by atoms with Gasteiger partial charge in [-0.05, 0) is 19.3 Å². The Hall–Kier alpha value is -0.610. The van der Waals surface area contributed by atoms with E-state index in [0.29, 0.717) is 30.3 Å². The summed E-state index contributed by atoms with van der Waals surface area (Å²) in [5.74, 6) is 7.07. The Morgan fingerprint density at radius 1 is 1.44 bits per heavy atom. The van der Waals surface area contributed by atoms with Crippen LogP contribution in [0.2, 0.25) is 0 Å². The number of nitrogens with two attached hydrogens (primary N) is 1. The van der Waals surface area contributed by atoms with Gasteiger partial charge in [-0.3, -0.25) is 0 Å². The molecule has 0 saturated carbocycles. The van der Waals surface area contributed by atoms with Crippen molar-refractivity contribution in [2.45, 2.75) is 46.3 Å². The molecule has 104 valence electrons. The summed E-state index contributed by atoms with van der Waals surface area (Å²) in [6.07, 6.45) is 2.13. The maximum atomic E-state index is 5.92. The van der Waals surface area contributed by atoms with Crippen LogP contribution in [0.3, 0.4) is 0 Å². The summed E-state index contributed by atoms with van der Waals surface area (Å²) in [4.78, 5) is 0. The average Bonchev–Trinajstić information content (AvgIpc) is 2.56. The SMILES string of the molecule is CC[C@H](C)C/C(=N\N)[C@H]1CO[C@]2(C)OC[C@H]1[C@H]2C. The van der Waals surface area contributed by atoms with Crippen LogP contribution in [0, 0.1) is 23.7 Å². The van der Waals surface area contributed by atoms with Gasteiger partial charge in [0.1, 0.15) is 0 Å². The van der Waals surface area contributed by atoms with Crippen molar-refractivity contribution >= 4 is 5.71 Å².